The van der Waals surface area contributed by atoms with Gasteiger partial charge in [0.05, 0.1) is 18.7 Å². The molecule has 0 unspecified atom stereocenters. The summed E-state index contributed by atoms with van der Waals surface area (Å²) >= 11 is 0. The van der Waals surface area contributed by atoms with Crippen molar-refractivity contribution >= 4 is 5.91 Å². The summed E-state index contributed by atoms with van der Waals surface area (Å²) < 4.78 is 32.4. The van der Waals surface area contributed by atoms with Crippen LogP contribution in [0.4, 0.5) is 8.78 Å². The summed E-state index contributed by atoms with van der Waals surface area (Å²) in [6, 6.07) is 10.3. The second kappa shape index (κ2) is 6.36. The molecule has 1 saturated heterocycles. The summed E-state index contributed by atoms with van der Waals surface area (Å²) in [5.74, 6) is -1.05. The third-order valence-electron chi connectivity index (χ3n) is 4.17. The van der Waals surface area contributed by atoms with Crippen LogP contribution < -0.4 is 4.74 Å². The Morgan fingerprint density at radius 1 is 1.17 bits per heavy atom. The number of likely N-dealkylation sites (tertiary alicyclic amines) is 1. The van der Waals surface area contributed by atoms with Gasteiger partial charge in [-0.2, -0.15) is 0 Å². The number of hydrogen-bond donors (Lipinski definition) is 0. The summed E-state index contributed by atoms with van der Waals surface area (Å²) in [6.07, 6.45) is 1.63. The Balaban J connectivity index is 1.88. The zero-order valence-electron chi connectivity index (χ0n) is 12.8. The Hall–Kier alpha value is -2.43. The van der Waals surface area contributed by atoms with Crippen LogP contribution in [-0.2, 0) is 0 Å². The normalized spacial score (nSPS) is 17.3. The first kappa shape index (κ1) is 15.5. The lowest BCUT2D eigenvalue weighted by Gasteiger charge is -2.25. The van der Waals surface area contributed by atoms with Gasteiger partial charge in [-0.15, -0.1) is 0 Å². The summed E-state index contributed by atoms with van der Waals surface area (Å²) in [6.45, 7) is 0.533. The molecular formula is C18H17F2NO2. The SMILES string of the molecule is COc1ccc([C@H]2CCCN2C(=O)c2cc(F)ccc2F)cc1. The molecule has 2 aromatic rings. The highest BCUT2D eigenvalue weighted by atomic mass is 19.1. The number of carbonyl (C=O) groups is 1. The number of ether oxygens (including phenoxy) is 1. The van der Waals surface area contributed by atoms with Crippen molar-refractivity contribution in [3.8, 4) is 5.75 Å². The maximum Gasteiger partial charge on any atom is 0.257 e. The average molecular weight is 317 g/mol. The molecule has 0 saturated carbocycles. The Morgan fingerprint density at radius 3 is 2.61 bits per heavy atom. The van der Waals surface area contributed by atoms with Crippen LogP contribution >= 0.6 is 0 Å². The van der Waals surface area contributed by atoms with Crippen molar-refractivity contribution < 1.29 is 18.3 Å². The Morgan fingerprint density at radius 2 is 1.91 bits per heavy atom. The van der Waals surface area contributed by atoms with Crippen molar-refractivity contribution in [3.63, 3.8) is 0 Å². The van der Waals surface area contributed by atoms with E-state index in [9.17, 15) is 13.6 Å². The lowest BCUT2D eigenvalue weighted by Crippen LogP contribution is -2.31. The van der Waals surface area contributed by atoms with E-state index in [0.717, 1.165) is 42.4 Å². The van der Waals surface area contributed by atoms with Crippen LogP contribution in [0, 0.1) is 11.6 Å². The van der Waals surface area contributed by atoms with Gasteiger partial charge in [-0.1, -0.05) is 12.1 Å². The topological polar surface area (TPSA) is 29.5 Å². The Kier molecular flexibility index (Phi) is 4.28. The molecule has 1 aliphatic heterocycles. The maximum absolute atomic E-state index is 13.9. The van der Waals surface area contributed by atoms with Crippen LogP contribution in [0.25, 0.3) is 0 Å². The minimum absolute atomic E-state index is 0.129. The molecule has 3 rings (SSSR count). The second-order valence-corrected chi connectivity index (χ2v) is 5.55. The molecule has 0 aliphatic carbocycles. The molecule has 1 aliphatic rings. The number of rotatable bonds is 3. The van der Waals surface area contributed by atoms with Crippen LogP contribution in [0.5, 0.6) is 5.75 Å². The van der Waals surface area contributed by atoms with Crippen LogP contribution in [-0.4, -0.2) is 24.5 Å². The first-order chi connectivity index (χ1) is 11.1. The highest BCUT2D eigenvalue weighted by molar-refractivity contribution is 5.95. The van der Waals surface area contributed by atoms with Gasteiger partial charge >= 0.3 is 0 Å². The van der Waals surface area contributed by atoms with Crippen molar-refractivity contribution in [2.24, 2.45) is 0 Å². The molecule has 1 amide bonds. The molecule has 23 heavy (non-hydrogen) atoms. The molecule has 2 aromatic carbocycles. The van der Waals surface area contributed by atoms with E-state index in [2.05, 4.69) is 0 Å². The molecule has 0 bridgehead atoms. The largest absolute Gasteiger partial charge is 0.497 e. The zero-order chi connectivity index (χ0) is 16.4. The van der Waals surface area contributed by atoms with Crippen LogP contribution in [0.15, 0.2) is 42.5 Å². The van der Waals surface area contributed by atoms with Gasteiger partial charge in [-0.25, -0.2) is 8.78 Å². The number of nitrogens with zero attached hydrogens (tertiary/aromatic N) is 1. The van der Waals surface area contributed by atoms with E-state index in [1.807, 2.05) is 24.3 Å². The Labute approximate surface area is 133 Å². The van der Waals surface area contributed by atoms with E-state index >= 15 is 0 Å². The fraction of sp³-hybridized carbons (Fsp3) is 0.278. The minimum atomic E-state index is -0.697. The molecule has 1 atom stereocenters. The highest BCUT2D eigenvalue weighted by Crippen LogP contribution is 2.34. The molecule has 3 nitrogen and oxygen atoms in total. The third-order valence-corrected chi connectivity index (χ3v) is 4.17. The summed E-state index contributed by atoms with van der Waals surface area (Å²) in [7, 11) is 1.59. The third kappa shape index (κ3) is 3.04. The van der Waals surface area contributed by atoms with Gasteiger partial charge in [0, 0.05) is 6.54 Å². The van der Waals surface area contributed by atoms with Crippen molar-refractivity contribution in [2.75, 3.05) is 13.7 Å². The monoisotopic (exact) mass is 317 g/mol. The van der Waals surface area contributed by atoms with E-state index in [1.54, 1.807) is 12.0 Å². The highest BCUT2D eigenvalue weighted by Gasteiger charge is 2.31. The summed E-state index contributed by atoms with van der Waals surface area (Å²) in [4.78, 5) is 14.2. The predicted molar refractivity (Wildman–Crippen MR) is 82.4 cm³/mol. The van der Waals surface area contributed by atoms with Crippen LogP contribution in [0.3, 0.4) is 0 Å². The van der Waals surface area contributed by atoms with Crippen molar-refractivity contribution in [3.05, 3.63) is 65.2 Å². The van der Waals surface area contributed by atoms with Gasteiger partial charge in [-0.3, -0.25) is 4.79 Å². The van der Waals surface area contributed by atoms with E-state index in [4.69, 9.17) is 4.74 Å². The molecule has 1 heterocycles. The second-order valence-electron chi connectivity index (χ2n) is 5.55. The average Bonchev–Trinajstić information content (AvgIpc) is 3.06. The summed E-state index contributed by atoms with van der Waals surface area (Å²) in [5, 5.41) is 0. The molecule has 0 aromatic heterocycles. The van der Waals surface area contributed by atoms with Crippen LogP contribution in [0.1, 0.15) is 34.8 Å². The Bertz CT molecular complexity index is 715. The van der Waals surface area contributed by atoms with Crippen molar-refractivity contribution in [1.29, 1.82) is 0 Å². The van der Waals surface area contributed by atoms with Crippen LogP contribution in [0.2, 0.25) is 0 Å². The fourth-order valence-electron chi connectivity index (χ4n) is 3.00. The van der Waals surface area contributed by atoms with Gasteiger partial charge in [0.2, 0.25) is 0 Å². The van der Waals surface area contributed by atoms with Gasteiger partial charge in [0.1, 0.15) is 17.4 Å². The quantitative estimate of drug-likeness (QED) is 0.858. The van der Waals surface area contributed by atoms with Crippen molar-refractivity contribution in [1.82, 2.24) is 4.90 Å². The predicted octanol–water partition coefficient (Wildman–Crippen LogP) is 3.95. The summed E-state index contributed by atoms with van der Waals surface area (Å²) in [5.41, 5.74) is 0.749. The standard InChI is InChI=1S/C18H17F2NO2/c1-23-14-7-4-12(5-8-14)17-3-2-10-21(17)18(22)15-11-13(19)6-9-16(15)20/h4-9,11,17H,2-3,10H2,1H3/t17-/m1/s1. The first-order valence-electron chi connectivity index (χ1n) is 7.50. The lowest BCUT2D eigenvalue weighted by molar-refractivity contribution is 0.0730. The lowest BCUT2D eigenvalue weighted by atomic mass is 10.0. The molecule has 120 valence electrons. The fourth-order valence-corrected chi connectivity index (χ4v) is 3.00. The number of carbonyl (C=O) groups excluding carboxylic acids is 1. The minimum Gasteiger partial charge on any atom is -0.497 e. The van der Waals surface area contributed by atoms with Gasteiger partial charge in [0.25, 0.3) is 5.91 Å². The number of methoxy groups -OCH3 is 1. The number of benzene rings is 2. The van der Waals surface area contributed by atoms with Gasteiger partial charge < -0.3 is 9.64 Å². The number of halogens is 2. The molecule has 0 radical (unpaired) electrons. The van der Waals surface area contributed by atoms with Crippen molar-refractivity contribution in [2.45, 2.75) is 18.9 Å². The van der Waals surface area contributed by atoms with E-state index in [0.29, 0.717) is 6.54 Å². The molecule has 0 N–H and O–H groups in total. The molecule has 5 heteroatoms. The van der Waals surface area contributed by atoms with Gasteiger partial charge in [-0.05, 0) is 48.7 Å². The molecule has 0 spiro atoms. The zero-order valence-corrected chi connectivity index (χ0v) is 12.8. The molecular weight excluding hydrogens is 300 g/mol. The molecule has 1 fully saturated rings. The van der Waals surface area contributed by atoms with E-state index in [-0.39, 0.29) is 11.6 Å². The van der Waals surface area contributed by atoms with E-state index < -0.39 is 17.5 Å². The smallest absolute Gasteiger partial charge is 0.257 e. The first-order valence-corrected chi connectivity index (χ1v) is 7.50. The number of amides is 1. The van der Waals surface area contributed by atoms with E-state index in [1.165, 1.54) is 0 Å². The number of hydrogen-bond acceptors (Lipinski definition) is 2. The maximum atomic E-state index is 13.9. The van der Waals surface area contributed by atoms with Gasteiger partial charge in [0.15, 0.2) is 0 Å².